The van der Waals surface area contributed by atoms with Gasteiger partial charge in [0.2, 0.25) is 0 Å². The van der Waals surface area contributed by atoms with Crippen molar-refractivity contribution in [1.29, 1.82) is 0 Å². The molecular weight excluding hydrogens is 212 g/mol. The maximum absolute atomic E-state index is 5.61. The minimum atomic E-state index is 0.413. The van der Waals surface area contributed by atoms with Gasteiger partial charge in [0.05, 0.1) is 6.61 Å². The quantitative estimate of drug-likeness (QED) is 0.548. The molecule has 1 rings (SSSR count). The molecule has 2 nitrogen and oxygen atoms in total. The summed E-state index contributed by atoms with van der Waals surface area (Å²) in [4.78, 5) is 0. The number of para-hydroxylation sites is 2. The van der Waals surface area contributed by atoms with Crippen molar-refractivity contribution in [2.24, 2.45) is 0 Å². The number of hydrogen-bond acceptors (Lipinski definition) is 2. The average Bonchev–Trinajstić information content (AvgIpc) is 2.28. The second-order valence-corrected chi connectivity index (χ2v) is 3.32. The standard InChI is InChI=1S/C12H15ClO2/c1-3-14-11-6-4-5-7-12(11)15-9-10(2)8-13/h4-7H,2-3,8-9H2,1H3. The molecule has 3 heteroatoms. The zero-order valence-electron chi connectivity index (χ0n) is 8.83. The van der Waals surface area contributed by atoms with Gasteiger partial charge in [-0.05, 0) is 24.6 Å². The van der Waals surface area contributed by atoms with E-state index in [0.29, 0.717) is 19.1 Å². The Morgan fingerprint density at radius 3 is 2.40 bits per heavy atom. The minimum Gasteiger partial charge on any atom is -0.490 e. The summed E-state index contributed by atoms with van der Waals surface area (Å²) < 4.78 is 10.9. The molecule has 0 N–H and O–H groups in total. The predicted molar refractivity (Wildman–Crippen MR) is 63.0 cm³/mol. The molecule has 0 atom stereocenters. The zero-order valence-corrected chi connectivity index (χ0v) is 9.59. The molecule has 0 aliphatic carbocycles. The Morgan fingerprint density at radius 1 is 1.27 bits per heavy atom. The van der Waals surface area contributed by atoms with E-state index in [1.165, 1.54) is 0 Å². The lowest BCUT2D eigenvalue weighted by molar-refractivity contribution is 0.293. The summed E-state index contributed by atoms with van der Waals surface area (Å²) >= 11 is 5.61. The molecule has 0 spiro atoms. The lowest BCUT2D eigenvalue weighted by atomic mass is 10.3. The summed E-state index contributed by atoms with van der Waals surface area (Å²) in [6, 6.07) is 7.56. The van der Waals surface area contributed by atoms with Gasteiger partial charge in [-0.2, -0.15) is 0 Å². The highest BCUT2D eigenvalue weighted by Gasteiger charge is 2.03. The summed E-state index contributed by atoms with van der Waals surface area (Å²) in [5.74, 6) is 1.89. The van der Waals surface area contributed by atoms with Gasteiger partial charge < -0.3 is 9.47 Å². The van der Waals surface area contributed by atoms with Crippen molar-refractivity contribution in [2.75, 3.05) is 19.1 Å². The summed E-state index contributed by atoms with van der Waals surface area (Å²) in [5.41, 5.74) is 0.850. The van der Waals surface area contributed by atoms with Crippen LogP contribution in [0, 0.1) is 0 Å². The first-order chi connectivity index (χ1) is 7.27. The van der Waals surface area contributed by atoms with Gasteiger partial charge in [0.1, 0.15) is 6.61 Å². The van der Waals surface area contributed by atoms with Gasteiger partial charge in [-0.25, -0.2) is 0 Å². The highest BCUT2D eigenvalue weighted by atomic mass is 35.5. The molecule has 0 heterocycles. The van der Waals surface area contributed by atoms with Crippen LogP contribution in [0.25, 0.3) is 0 Å². The lowest BCUT2D eigenvalue weighted by Gasteiger charge is -2.11. The Kier molecular flexibility index (Phi) is 5.05. The monoisotopic (exact) mass is 226 g/mol. The normalized spacial score (nSPS) is 9.73. The van der Waals surface area contributed by atoms with Crippen LogP contribution in [0.4, 0.5) is 0 Å². The summed E-state index contributed by atoms with van der Waals surface area (Å²) in [6.07, 6.45) is 0. The fourth-order valence-electron chi connectivity index (χ4n) is 1.06. The van der Waals surface area contributed by atoms with Gasteiger partial charge in [0, 0.05) is 5.88 Å². The molecule has 0 amide bonds. The number of ether oxygens (including phenoxy) is 2. The van der Waals surface area contributed by atoms with Gasteiger partial charge in [-0.1, -0.05) is 18.7 Å². The van der Waals surface area contributed by atoms with E-state index in [1.54, 1.807) is 0 Å². The first-order valence-corrected chi connectivity index (χ1v) is 5.38. The van der Waals surface area contributed by atoms with E-state index in [2.05, 4.69) is 6.58 Å². The van der Waals surface area contributed by atoms with E-state index in [4.69, 9.17) is 21.1 Å². The van der Waals surface area contributed by atoms with Crippen molar-refractivity contribution < 1.29 is 9.47 Å². The molecule has 0 aromatic heterocycles. The molecular formula is C12H15ClO2. The molecule has 82 valence electrons. The minimum absolute atomic E-state index is 0.413. The van der Waals surface area contributed by atoms with E-state index < -0.39 is 0 Å². The maximum atomic E-state index is 5.61. The molecule has 0 aliphatic rings. The van der Waals surface area contributed by atoms with Crippen molar-refractivity contribution in [2.45, 2.75) is 6.92 Å². The molecule has 0 unspecified atom stereocenters. The Hall–Kier alpha value is -1.15. The third-order valence-corrected chi connectivity index (χ3v) is 2.15. The number of alkyl halides is 1. The number of hydrogen-bond donors (Lipinski definition) is 0. The van der Waals surface area contributed by atoms with Crippen LogP contribution in [0.5, 0.6) is 11.5 Å². The fraction of sp³-hybridized carbons (Fsp3) is 0.333. The van der Waals surface area contributed by atoms with Crippen LogP contribution in [0.15, 0.2) is 36.4 Å². The molecule has 0 aliphatic heterocycles. The zero-order chi connectivity index (χ0) is 11.1. The molecule has 1 aromatic carbocycles. The molecule has 0 saturated heterocycles. The van der Waals surface area contributed by atoms with Crippen LogP contribution in [-0.2, 0) is 0 Å². The smallest absolute Gasteiger partial charge is 0.161 e. The van der Waals surface area contributed by atoms with Crippen LogP contribution in [0.2, 0.25) is 0 Å². The molecule has 0 radical (unpaired) electrons. The fourth-order valence-corrected chi connectivity index (χ4v) is 1.14. The Morgan fingerprint density at radius 2 is 1.87 bits per heavy atom. The predicted octanol–water partition coefficient (Wildman–Crippen LogP) is 3.26. The van der Waals surface area contributed by atoms with Crippen molar-refractivity contribution in [3.05, 3.63) is 36.4 Å². The van der Waals surface area contributed by atoms with E-state index in [0.717, 1.165) is 17.1 Å². The first-order valence-electron chi connectivity index (χ1n) is 4.85. The van der Waals surface area contributed by atoms with E-state index in [9.17, 15) is 0 Å². The highest BCUT2D eigenvalue weighted by Crippen LogP contribution is 2.26. The highest BCUT2D eigenvalue weighted by molar-refractivity contribution is 6.19. The van der Waals surface area contributed by atoms with Crippen LogP contribution in [-0.4, -0.2) is 19.1 Å². The number of halogens is 1. The van der Waals surface area contributed by atoms with Crippen molar-refractivity contribution in [3.63, 3.8) is 0 Å². The molecule has 0 saturated carbocycles. The van der Waals surface area contributed by atoms with E-state index >= 15 is 0 Å². The Bertz CT molecular complexity index is 323. The summed E-state index contributed by atoms with van der Waals surface area (Å²) in [7, 11) is 0. The van der Waals surface area contributed by atoms with Crippen LogP contribution >= 0.6 is 11.6 Å². The van der Waals surface area contributed by atoms with Crippen molar-refractivity contribution >= 4 is 11.6 Å². The molecule has 0 bridgehead atoms. The summed E-state index contributed by atoms with van der Waals surface area (Å²) in [5, 5.41) is 0. The van der Waals surface area contributed by atoms with Crippen molar-refractivity contribution in [3.8, 4) is 11.5 Å². The Balaban J connectivity index is 2.62. The Labute approximate surface area is 95.5 Å². The van der Waals surface area contributed by atoms with E-state index in [-0.39, 0.29) is 0 Å². The lowest BCUT2D eigenvalue weighted by Crippen LogP contribution is -2.03. The van der Waals surface area contributed by atoms with Crippen LogP contribution in [0.1, 0.15) is 6.92 Å². The molecule has 1 aromatic rings. The van der Waals surface area contributed by atoms with Gasteiger partial charge >= 0.3 is 0 Å². The first kappa shape index (κ1) is 11.9. The van der Waals surface area contributed by atoms with Gasteiger partial charge in [-0.15, -0.1) is 11.6 Å². The third-order valence-electron chi connectivity index (χ3n) is 1.77. The molecule has 15 heavy (non-hydrogen) atoms. The topological polar surface area (TPSA) is 18.5 Å². The second-order valence-electron chi connectivity index (χ2n) is 3.05. The maximum Gasteiger partial charge on any atom is 0.161 e. The van der Waals surface area contributed by atoms with Crippen molar-refractivity contribution in [1.82, 2.24) is 0 Å². The second kappa shape index (κ2) is 6.36. The largest absolute Gasteiger partial charge is 0.490 e. The van der Waals surface area contributed by atoms with Crippen LogP contribution in [0.3, 0.4) is 0 Å². The van der Waals surface area contributed by atoms with Gasteiger partial charge in [0.25, 0.3) is 0 Å². The average molecular weight is 227 g/mol. The van der Waals surface area contributed by atoms with Gasteiger partial charge in [-0.3, -0.25) is 0 Å². The number of benzene rings is 1. The van der Waals surface area contributed by atoms with Crippen LogP contribution < -0.4 is 9.47 Å². The third kappa shape index (κ3) is 3.84. The van der Waals surface area contributed by atoms with E-state index in [1.807, 2.05) is 31.2 Å². The SMILES string of the molecule is C=C(CCl)COc1ccccc1OCC. The molecule has 0 fully saturated rings. The number of rotatable bonds is 6. The summed E-state index contributed by atoms with van der Waals surface area (Å²) in [6.45, 7) is 6.75. The van der Waals surface area contributed by atoms with Gasteiger partial charge in [0.15, 0.2) is 11.5 Å².